The Morgan fingerprint density at radius 1 is 1.23 bits per heavy atom. The number of halogens is 1. The standard InChI is InChI=1S/C19H24FNO5/c1-19(2,3)26-18(25)21-15(9-11-17(23)24)8-10-16(22)12-13-4-6-14(20)7-5-13/h4-8,10,15H,9,11-12H2,1-3H3,(H,21,25)(H,23,24)/b10-8+/t15-/m0/s1. The van der Waals surface area contributed by atoms with Gasteiger partial charge in [0, 0.05) is 12.8 Å². The number of rotatable bonds is 8. The summed E-state index contributed by atoms with van der Waals surface area (Å²) in [5.74, 6) is -1.64. The van der Waals surface area contributed by atoms with Gasteiger partial charge in [0.25, 0.3) is 0 Å². The van der Waals surface area contributed by atoms with Crippen LogP contribution in [0.3, 0.4) is 0 Å². The van der Waals surface area contributed by atoms with Crippen molar-refractivity contribution in [2.45, 2.75) is 51.7 Å². The summed E-state index contributed by atoms with van der Waals surface area (Å²) in [4.78, 5) is 34.6. The molecule has 1 atom stereocenters. The van der Waals surface area contributed by atoms with Crippen LogP contribution in [-0.4, -0.2) is 34.6 Å². The van der Waals surface area contributed by atoms with E-state index in [-0.39, 0.29) is 30.9 Å². The highest BCUT2D eigenvalue weighted by Gasteiger charge is 2.19. The minimum Gasteiger partial charge on any atom is -0.481 e. The summed E-state index contributed by atoms with van der Waals surface area (Å²) >= 11 is 0. The number of allylic oxidation sites excluding steroid dienone is 1. The maximum Gasteiger partial charge on any atom is 0.408 e. The number of carboxylic acid groups (broad SMARTS) is 1. The van der Waals surface area contributed by atoms with Crippen molar-refractivity contribution in [2.75, 3.05) is 0 Å². The average Bonchev–Trinajstić information content (AvgIpc) is 2.50. The first-order valence-corrected chi connectivity index (χ1v) is 8.22. The summed E-state index contributed by atoms with van der Waals surface area (Å²) in [5.41, 5.74) is -0.0351. The maximum absolute atomic E-state index is 12.9. The Bertz CT molecular complexity index is 662. The lowest BCUT2D eigenvalue weighted by Gasteiger charge is -2.22. The van der Waals surface area contributed by atoms with Gasteiger partial charge >= 0.3 is 12.1 Å². The number of benzene rings is 1. The first-order chi connectivity index (χ1) is 12.0. The van der Waals surface area contributed by atoms with Crippen molar-refractivity contribution in [1.29, 1.82) is 0 Å². The van der Waals surface area contributed by atoms with Crippen molar-refractivity contribution in [3.63, 3.8) is 0 Å². The Morgan fingerprint density at radius 3 is 2.38 bits per heavy atom. The Hall–Kier alpha value is -2.70. The smallest absolute Gasteiger partial charge is 0.408 e. The average molecular weight is 365 g/mol. The van der Waals surface area contributed by atoms with Crippen molar-refractivity contribution >= 4 is 17.8 Å². The Morgan fingerprint density at radius 2 is 1.85 bits per heavy atom. The monoisotopic (exact) mass is 365 g/mol. The molecule has 6 nitrogen and oxygen atoms in total. The van der Waals surface area contributed by atoms with Gasteiger partial charge in [-0.05, 0) is 51.0 Å². The topological polar surface area (TPSA) is 92.7 Å². The van der Waals surface area contributed by atoms with Crippen LogP contribution in [0.15, 0.2) is 36.4 Å². The first-order valence-electron chi connectivity index (χ1n) is 8.22. The molecule has 1 amide bonds. The highest BCUT2D eigenvalue weighted by molar-refractivity contribution is 5.91. The lowest BCUT2D eigenvalue weighted by atomic mass is 10.1. The summed E-state index contributed by atoms with van der Waals surface area (Å²) in [6, 6.07) is 4.92. The van der Waals surface area contributed by atoms with Gasteiger partial charge in [-0.2, -0.15) is 0 Å². The van der Waals surface area contributed by atoms with E-state index in [1.165, 1.54) is 36.4 Å². The van der Waals surface area contributed by atoms with Gasteiger partial charge in [-0.25, -0.2) is 9.18 Å². The maximum atomic E-state index is 12.9. The Labute approximate surface area is 152 Å². The molecule has 2 N–H and O–H groups in total. The molecule has 0 aliphatic rings. The molecule has 0 bridgehead atoms. The van der Waals surface area contributed by atoms with E-state index in [1.807, 2.05) is 0 Å². The first kappa shape index (κ1) is 21.3. The number of ketones is 1. The molecule has 1 aromatic rings. The zero-order valence-electron chi connectivity index (χ0n) is 15.1. The summed E-state index contributed by atoms with van der Waals surface area (Å²) in [6.45, 7) is 5.13. The number of hydrogen-bond donors (Lipinski definition) is 2. The van der Waals surface area contributed by atoms with Crippen molar-refractivity contribution in [3.8, 4) is 0 Å². The van der Waals surface area contributed by atoms with Crippen LogP contribution in [0.5, 0.6) is 0 Å². The van der Waals surface area contributed by atoms with Gasteiger partial charge in [0.1, 0.15) is 11.4 Å². The second kappa shape index (κ2) is 9.70. The summed E-state index contributed by atoms with van der Waals surface area (Å²) in [6.07, 6.45) is 2.07. The van der Waals surface area contributed by atoms with Gasteiger partial charge < -0.3 is 15.2 Å². The molecular weight excluding hydrogens is 341 g/mol. The Kier molecular flexibility index (Phi) is 7.96. The third kappa shape index (κ3) is 9.56. The number of carboxylic acids is 1. The predicted octanol–water partition coefficient (Wildman–Crippen LogP) is 3.25. The molecule has 0 heterocycles. The molecule has 0 unspecified atom stereocenters. The lowest BCUT2D eigenvalue weighted by Crippen LogP contribution is -2.38. The van der Waals surface area contributed by atoms with Gasteiger partial charge in [-0.15, -0.1) is 0 Å². The van der Waals surface area contributed by atoms with Crippen molar-refractivity contribution in [1.82, 2.24) is 5.32 Å². The van der Waals surface area contributed by atoms with E-state index in [4.69, 9.17) is 9.84 Å². The molecule has 0 aliphatic carbocycles. The predicted molar refractivity (Wildman–Crippen MR) is 94.3 cm³/mol. The molecule has 0 fully saturated rings. The molecule has 0 aliphatic heterocycles. The number of nitrogens with one attached hydrogen (secondary N) is 1. The van der Waals surface area contributed by atoms with E-state index in [2.05, 4.69) is 5.32 Å². The molecule has 1 aromatic carbocycles. The molecule has 26 heavy (non-hydrogen) atoms. The molecule has 0 saturated heterocycles. The van der Waals surface area contributed by atoms with Crippen LogP contribution >= 0.6 is 0 Å². The summed E-state index contributed by atoms with van der Waals surface area (Å²) in [7, 11) is 0. The molecule has 0 spiro atoms. The quantitative estimate of drug-likeness (QED) is 0.690. The van der Waals surface area contributed by atoms with E-state index < -0.39 is 23.7 Å². The number of carbonyl (C=O) groups excluding carboxylic acids is 2. The van der Waals surface area contributed by atoms with Crippen molar-refractivity contribution in [2.24, 2.45) is 0 Å². The van der Waals surface area contributed by atoms with Gasteiger partial charge in [0.15, 0.2) is 5.78 Å². The highest BCUT2D eigenvalue weighted by Crippen LogP contribution is 2.09. The van der Waals surface area contributed by atoms with Gasteiger partial charge in [-0.3, -0.25) is 9.59 Å². The zero-order chi connectivity index (χ0) is 19.7. The fourth-order valence-electron chi connectivity index (χ4n) is 2.04. The fourth-order valence-corrected chi connectivity index (χ4v) is 2.04. The second-order valence-corrected chi connectivity index (χ2v) is 6.81. The molecule has 0 radical (unpaired) electrons. The van der Waals surface area contributed by atoms with E-state index in [0.717, 1.165) is 0 Å². The number of aliphatic carboxylic acids is 1. The zero-order valence-corrected chi connectivity index (χ0v) is 15.1. The fraction of sp³-hybridized carbons (Fsp3) is 0.421. The molecule has 0 saturated carbocycles. The summed E-state index contributed by atoms with van der Waals surface area (Å²) in [5, 5.41) is 11.4. The van der Waals surface area contributed by atoms with Crippen LogP contribution in [0, 0.1) is 5.82 Å². The number of alkyl carbamates (subject to hydrolysis) is 1. The largest absolute Gasteiger partial charge is 0.481 e. The van der Waals surface area contributed by atoms with E-state index in [1.54, 1.807) is 20.8 Å². The van der Waals surface area contributed by atoms with Gasteiger partial charge in [-0.1, -0.05) is 18.2 Å². The minimum atomic E-state index is -1.01. The van der Waals surface area contributed by atoms with Crippen LogP contribution in [-0.2, 0) is 20.7 Å². The lowest BCUT2D eigenvalue weighted by molar-refractivity contribution is -0.137. The molecular formula is C19H24FNO5. The van der Waals surface area contributed by atoms with Crippen molar-refractivity contribution in [3.05, 3.63) is 47.8 Å². The van der Waals surface area contributed by atoms with E-state index >= 15 is 0 Å². The number of carbonyl (C=O) groups is 3. The van der Waals surface area contributed by atoms with Gasteiger partial charge in [0.05, 0.1) is 6.04 Å². The molecule has 142 valence electrons. The highest BCUT2D eigenvalue weighted by atomic mass is 19.1. The third-order valence-electron chi connectivity index (χ3n) is 3.18. The van der Waals surface area contributed by atoms with Gasteiger partial charge in [0.2, 0.25) is 0 Å². The van der Waals surface area contributed by atoms with Crippen LogP contribution < -0.4 is 5.32 Å². The molecule has 7 heteroatoms. The Balaban J connectivity index is 2.68. The minimum absolute atomic E-state index is 0.0782. The molecule has 0 aromatic heterocycles. The SMILES string of the molecule is CC(C)(C)OC(=O)N[C@@H](/C=C/C(=O)Cc1ccc(F)cc1)CCC(=O)O. The van der Waals surface area contributed by atoms with E-state index in [9.17, 15) is 18.8 Å². The third-order valence-corrected chi connectivity index (χ3v) is 3.18. The molecule has 1 rings (SSSR count). The normalized spacial score (nSPS) is 12.6. The summed E-state index contributed by atoms with van der Waals surface area (Å²) < 4.78 is 18.0. The van der Waals surface area contributed by atoms with Crippen LogP contribution in [0.4, 0.5) is 9.18 Å². The number of ether oxygens (including phenoxy) is 1. The van der Waals surface area contributed by atoms with E-state index in [0.29, 0.717) is 5.56 Å². The van der Waals surface area contributed by atoms with Crippen LogP contribution in [0.25, 0.3) is 0 Å². The number of amides is 1. The number of hydrogen-bond acceptors (Lipinski definition) is 4. The second-order valence-electron chi connectivity index (χ2n) is 6.81. The van der Waals surface area contributed by atoms with Crippen LogP contribution in [0.2, 0.25) is 0 Å². The van der Waals surface area contributed by atoms with Crippen molar-refractivity contribution < 1.29 is 28.6 Å². The van der Waals surface area contributed by atoms with Crippen LogP contribution in [0.1, 0.15) is 39.2 Å².